The highest BCUT2D eigenvalue weighted by atomic mass is 35.5. The van der Waals surface area contributed by atoms with Crippen molar-refractivity contribution < 1.29 is 23.8 Å². The molecule has 1 saturated heterocycles. The van der Waals surface area contributed by atoms with E-state index in [-0.39, 0.29) is 11.8 Å². The molecular weight excluding hydrogens is 509 g/mol. The molecule has 2 N–H and O–H groups in total. The zero-order valence-electron chi connectivity index (χ0n) is 20.3. The van der Waals surface area contributed by atoms with Gasteiger partial charge in [-0.25, -0.2) is 9.18 Å². The summed E-state index contributed by atoms with van der Waals surface area (Å²) in [7, 11) is 0. The van der Waals surface area contributed by atoms with Gasteiger partial charge in [-0.3, -0.25) is 4.98 Å². The van der Waals surface area contributed by atoms with Gasteiger partial charge in [0.2, 0.25) is 0 Å². The molecule has 1 fully saturated rings. The average molecular weight is 534 g/mol. The number of halogens is 2. The summed E-state index contributed by atoms with van der Waals surface area (Å²) in [5.74, 6) is 1.46. The maximum Gasteiger partial charge on any atom is 0.321 e. The number of piperidine rings is 1. The van der Waals surface area contributed by atoms with Gasteiger partial charge in [-0.2, -0.15) is 0 Å². The van der Waals surface area contributed by atoms with E-state index in [1.165, 1.54) is 24.3 Å². The number of rotatable bonds is 6. The predicted molar refractivity (Wildman–Crippen MR) is 142 cm³/mol. The third-order valence-electron chi connectivity index (χ3n) is 6.33. The number of pyridine rings is 1. The summed E-state index contributed by atoms with van der Waals surface area (Å²) in [4.78, 5) is 18.8. The Morgan fingerprint density at radius 3 is 2.05 bits per heavy atom. The van der Waals surface area contributed by atoms with E-state index < -0.39 is 5.60 Å². The Bertz CT molecular complexity index is 1390. The molecule has 7 nitrogen and oxygen atoms in total. The van der Waals surface area contributed by atoms with Crippen LogP contribution in [0.5, 0.6) is 23.0 Å². The second-order valence-electron chi connectivity index (χ2n) is 8.99. The van der Waals surface area contributed by atoms with Crippen molar-refractivity contribution in [2.45, 2.75) is 18.4 Å². The van der Waals surface area contributed by atoms with Crippen molar-refractivity contribution in [3.05, 3.63) is 108 Å². The van der Waals surface area contributed by atoms with Crippen LogP contribution < -0.4 is 14.8 Å². The minimum absolute atomic E-state index is 0.308. The Morgan fingerprint density at radius 1 is 0.868 bits per heavy atom. The predicted octanol–water partition coefficient (Wildman–Crippen LogP) is 6.97. The normalized spacial score (nSPS) is 14.6. The quantitative estimate of drug-likeness (QED) is 0.279. The third kappa shape index (κ3) is 6.22. The van der Waals surface area contributed by atoms with Crippen LogP contribution >= 0.6 is 11.6 Å². The summed E-state index contributed by atoms with van der Waals surface area (Å²) in [5, 5.41) is 14.6. The van der Waals surface area contributed by atoms with E-state index in [4.69, 9.17) is 21.1 Å². The van der Waals surface area contributed by atoms with Crippen LogP contribution in [0.3, 0.4) is 0 Å². The number of benzene rings is 3. The Hall–Kier alpha value is -4.14. The van der Waals surface area contributed by atoms with Crippen molar-refractivity contribution in [1.82, 2.24) is 9.88 Å². The monoisotopic (exact) mass is 533 g/mol. The number of nitrogens with one attached hydrogen (secondary N) is 1. The van der Waals surface area contributed by atoms with E-state index in [0.29, 0.717) is 59.6 Å². The van der Waals surface area contributed by atoms with Crippen LogP contribution in [0, 0.1) is 5.82 Å². The number of ether oxygens (including phenoxy) is 2. The summed E-state index contributed by atoms with van der Waals surface area (Å²) < 4.78 is 25.2. The smallest absolute Gasteiger partial charge is 0.321 e. The van der Waals surface area contributed by atoms with Crippen molar-refractivity contribution in [3.8, 4) is 23.0 Å². The first-order valence-electron chi connectivity index (χ1n) is 12.1. The Morgan fingerprint density at radius 2 is 1.45 bits per heavy atom. The van der Waals surface area contributed by atoms with Gasteiger partial charge in [0.25, 0.3) is 0 Å². The molecule has 1 aliphatic rings. The molecule has 0 atom stereocenters. The van der Waals surface area contributed by atoms with Crippen LogP contribution in [0.15, 0.2) is 91.3 Å². The first-order chi connectivity index (χ1) is 18.4. The summed E-state index contributed by atoms with van der Waals surface area (Å²) in [6, 6.07) is 20.9. The van der Waals surface area contributed by atoms with E-state index in [2.05, 4.69) is 10.3 Å². The topological polar surface area (TPSA) is 83.9 Å². The number of likely N-dealkylation sites (tertiary alicyclic amines) is 1. The highest BCUT2D eigenvalue weighted by molar-refractivity contribution is 6.30. The maximum absolute atomic E-state index is 13.3. The van der Waals surface area contributed by atoms with Crippen molar-refractivity contribution in [2.24, 2.45) is 0 Å². The first kappa shape index (κ1) is 25.5. The van der Waals surface area contributed by atoms with Crippen LogP contribution in [0.2, 0.25) is 5.02 Å². The Kier molecular flexibility index (Phi) is 7.44. The number of aromatic nitrogens is 1. The standard InChI is InChI=1S/C29H25ClFN3O4/c30-21-3-1-20(2-4-21)29(36)11-15-34(16-12-29)28(35)33-23-17-26(37-24-7-5-22(31)6-8-24)19-27(18-23)38-25-9-13-32-14-10-25/h1-10,13-14,17-19,36H,11-12,15-16H2,(H,33,35). The minimum Gasteiger partial charge on any atom is -0.457 e. The molecule has 5 rings (SSSR count). The fraction of sp³-hybridized carbons (Fsp3) is 0.172. The molecule has 194 valence electrons. The van der Waals surface area contributed by atoms with Crippen molar-refractivity contribution in [3.63, 3.8) is 0 Å². The molecule has 9 heteroatoms. The third-order valence-corrected chi connectivity index (χ3v) is 6.58. The number of amides is 2. The van der Waals surface area contributed by atoms with Gasteiger partial charge in [0.15, 0.2) is 0 Å². The molecule has 0 bridgehead atoms. The maximum atomic E-state index is 13.3. The van der Waals surface area contributed by atoms with Gasteiger partial charge in [-0.1, -0.05) is 23.7 Å². The molecular formula is C29H25ClFN3O4. The zero-order chi connectivity index (χ0) is 26.5. The molecule has 3 aromatic carbocycles. The number of anilines is 1. The number of aliphatic hydroxyl groups is 1. The van der Waals surface area contributed by atoms with Gasteiger partial charge < -0.3 is 24.8 Å². The highest BCUT2D eigenvalue weighted by Crippen LogP contribution is 2.35. The number of hydrogen-bond acceptors (Lipinski definition) is 5. The van der Waals surface area contributed by atoms with Crippen LogP contribution in [-0.2, 0) is 5.60 Å². The van der Waals surface area contributed by atoms with E-state index in [0.717, 1.165) is 5.56 Å². The Labute approximate surface area is 224 Å². The van der Waals surface area contributed by atoms with E-state index in [1.807, 2.05) is 12.1 Å². The lowest BCUT2D eigenvalue weighted by Gasteiger charge is -2.38. The summed E-state index contributed by atoms with van der Waals surface area (Å²) >= 11 is 5.98. The fourth-order valence-corrected chi connectivity index (χ4v) is 4.40. The van der Waals surface area contributed by atoms with Gasteiger partial charge >= 0.3 is 6.03 Å². The molecule has 4 aromatic rings. The van der Waals surface area contributed by atoms with Crippen molar-refractivity contribution in [1.29, 1.82) is 0 Å². The van der Waals surface area contributed by atoms with E-state index in [9.17, 15) is 14.3 Å². The highest BCUT2D eigenvalue weighted by Gasteiger charge is 2.35. The molecule has 2 heterocycles. The summed E-state index contributed by atoms with van der Waals surface area (Å²) in [6.45, 7) is 0.744. The molecule has 0 saturated carbocycles. The van der Waals surface area contributed by atoms with Gasteiger partial charge in [-0.15, -0.1) is 0 Å². The molecule has 38 heavy (non-hydrogen) atoms. The van der Waals surface area contributed by atoms with Crippen LogP contribution in [0.25, 0.3) is 0 Å². The fourth-order valence-electron chi connectivity index (χ4n) is 4.27. The Balaban J connectivity index is 1.31. The molecule has 0 unspecified atom stereocenters. The van der Waals surface area contributed by atoms with E-state index in [1.54, 1.807) is 59.8 Å². The minimum atomic E-state index is -1.02. The zero-order valence-corrected chi connectivity index (χ0v) is 21.1. The first-order valence-corrected chi connectivity index (χ1v) is 12.4. The van der Waals surface area contributed by atoms with E-state index >= 15 is 0 Å². The second-order valence-corrected chi connectivity index (χ2v) is 9.43. The van der Waals surface area contributed by atoms with Gasteiger partial charge in [0.1, 0.15) is 28.8 Å². The molecule has 1 aromatic heterocycles. The summed E-state index contributed by atoms with van der Waals surface area (Å²) in [5.41, 5.74) is 0.221. The number of hydrogen-bond donors (Lipinski definition) is 2. The average Bonchev–Trinajstić information content (AvgIpc) is 2.91. The molecule has 1 aliphatic heterocycles. The number of carbonyl (C=O) groups excluding carboxylic acids is 1. The number of urea groups is 1. The van der Waals surface area contributed by atoms with Gasteiger partial charge in [0.05, 0.1) is 5.60 Å². The van der Waals surface area contributed by atoms with Crippen LogP contribution in [-0.4, -0.2) is 34.1 Å². The van der Waals surface area contributed by atoms with Gasteiger partial charge in [0, 0.05) is 54.4 Å². The molecule has 2 amide bonds. The lowest BCUT2D eigenvalue weighted by molar-refractivity contribution is -0.0156. The number of carbonyl (C=O) groups is 1. The largest absolute Gasteiger partial charge is 0.457 e. The summed E-state index contributed by atoms with van der Waals surface area (Å²) in [6.07, 6.45) is 4.01. The van der Waals surface area contributed by atoms with Crippen molar-refractivity contribution >= 4 is 23.3 Å². The van der Waals surface area contributed by atoms with Gasteiger partial charge in [-0.05, 0) is 66.9 Å². The second kappa shape index (κ2) is 11.1. The van der Waals surface area contributed by atoms with Crippen LogP contribution in [0.4, 0.5) is 14.9 Å². The lowest BCUT2D eigenvalue weighted by Crippen LogP contribution is -2.46. The molecule has 0 radical (unpaired) electrons. The number of nitrogens with zero attached hydrogens (tertiary/aromatic N) is 2. The van der Waals surface area contributed by atoms with Crippen LogP contribution in [0.1, 0.15) is 18.4 Å². The SMILES string of the molecule is O=C(Nc1cc(Oc2ccncc2)cc(Oc2ccc(F)cc2)c1)N1CCC(O)(c2ccc(Cl)cc2)CC1. The molecule has 0 spiro atoms. The van der Waals surface area contributed by atoms with Crippen molar-refractivity contribution in [2.75, 3.05) is 18.4 Å². The molecule has 0 aliphatic carbocycles. The lowest BCUT2D eigenvalue weighted by atomic mass is 9.84.